The van der Waals surface area contributed by atoms with E-state index in [0.29, 0.717) is 11.8 Å². The van der Waals surface area contributed by atoms with Crippen molar-refractivity contribution in [1.82, 2.24) is 9.78 Å². The van der Waals surface area contributed by atoms with Gasteiger partial charge in [0.2, 0.25) is 0 Å². The van der Waals surface area contributed by atoms with Crippen LogP contribution >= 0.6 is 15.9 Å². The van der Waals surface area contributed by atoms with Gasteiger partial charge >= 0.3 is 0 Å². The second-order valence-electron chi connectivity index (χ2n) is 4.71. The van der Waals surface area contributed by atoms with Crippen molar-refractivity contribution in [2.24, 2.45) is 11.8 Å². The van der Waals surface area contributed by atoms with Gasteiger partial charge in [-0.15, -0.1) is 0 Å². The third-order valence-corrected chi connectivity index (χ3v) is 4.36. The minimum absolute atomic E-state index is 0.380. The second kappa shape index (κ2) is 4.88. The fraction of sp³-hybridized carbons (Fsp3) is 0.750. The van der Waals surface area contributed by atoms with Crippen molar-refractivity contribution in [3.05, 3.63) is 16.4 Å². The molecule has 16 heavy (non-hydrogen) atoms. The van der Waals surface area contributed by atoms with Crippen molar-refractivity contribution < 1.29 is 5.11 Å². The van der Waals surface area contributed by atoms with Gasteiger partial charge in [0, 0.05) is 6.54 Å². The fourth-order valence-electron chi connectivity index (χ4n) is 2.76. The summed E-state index contributed by atoms with van der Waals surface area (Å²) >= 11 is 3.48. The molecule has 1 fully saturated rings. The van der Waals surface area contributed by atoms with Crippen LogP contribution in [0.25, 0.3) is 0 Å². The van der Waals surface area contributed by atoms with E-state index in [1.54, 1.807) is 6.20 Å². The molecule has 1 aromatic rings. The number of nitrogens with zero attached hydrogens (tertiary/aromatic N) is 2. The van der Waals surface area contributed by atoms with E-state index < -0.39 is 0 Å². The first kappa shape index (κ1) is 12.1. The lowest BCUT2D eigenvalue weighted by molar-refractivity contribution is 0.0810. The van der Waals surface area contributed by atoms with Gasteiger partial charge in [-0.1, -0.05) is 19.8 Å². The van der Waals surface area contributed by atoms with Crippen molar-refractivity contribution in [3.63, 3.8) is 0 Å². The summed E-state index contributed by atoms with van der Waals surface area (Å²) in [6, 6.07) is 0. The molecule has 1 N–H and O–H groups in total. The quantitative estimate of drug-likeness (QED) is 0.927. The number of aromatic nitrogens is 2. The lowest BCUT2D eigenvalue weighted by atomic mass is 9.90. The third-order valence-electron chi connectivity index (χ3n) is 3.75. The topological polar surface area (TPSA) is 38.0 Å². The Hall–Kier alpha value is -0.350. The maximum atomic E-state index is 10.5. The maximum absolute atomic E-state index is 10.5. The number of aliphatic hydroxyl groups excluding tert-OH is 1. The predicted octanol–water partition coefficient (Wildman–Crippen LogP) is 3.14. The molecule has 1 aromatic heterocycles. The van der Waals surface area contributed by atoms with E-state index in [1.807, 2.05) is 11.6 Å². The Balaban J connectivity index is 2.25. The summed E-state index contributed by atoms with van der Waals surface area (Å²) in [6.07, 6.45) is 5.00. The first-order valence-corrected chi connectivity index (χ1v) is 6.83. The highest BCUT2D eigenvalue weighted by Crippen LogP contribution is 2.41. The molecular formula is C12H19BrN2O. The van der Waals surface area contributed by atoms with E-state index in [0.717, 1.165) is 23.1 Å². The number of hydrogen-bond acceptors (Lipinski definition) is 2. The summed E-state index contributed by atoms with van der Waals surface area (Å²) in [7, 11) is 0. The highest BCUT2D eigenvalue weighted by molar-refractivity contribution is 9.10. The Kier molecular flexibility index (Phi) is 3.70. The first-order valence-electron chi connectivity index (χ1n) is 6.04. The van der Waals surface area contributed by atoms with Crippen LogP contribution in [0.5, 0.6) is 0 Å². The first-order chi connectivity index (χ1) is 7.65. The molecule has 0 amide bonds. The van der Waals surface area contributed by atoms with Crippen LogP contribution in [0.3, 0.4) is 0 Å². The van der Waals surface area contributed by atoms with Gasteiger partial charge in [0.25, 0.3) is 0 Å². The average Bonchev–Trinajstić information content (AvgIpc) is 2.83. The molecule has 0 radical (unpaired) electrons. The van der Waals surface area contributed by atoms with Crippen molar-refractivity contribution in [2.75, 3.05) is 0 Å². The Bertz CT molecular complexity index is 364. The zero-order chi connectivity index (χ0) is 11.7. The van der Waals surface area contributed by atoms with E-state index in [1.165, 1.54) is 12.8 Å². The smallest absolute Gasteiger partial charge is 0.0998 e. The molecule has 0 aromatic carbocycles. The van der Waals surface area contributed by atoms with E-state index in [4.69, 9.17) is 0 Å². The van der Waals surface area contributed by atoms with Crippen LogP contribution in [0.4, 0.5) is 0 Å². The summed E-state index contributed by atoms with van der Waals surface area (Å²) in [5.74, 6) is 1.00. The molecular weight excluding hydrogens is 268 g/mol. The van der Waals surface area contributed by atoms with Gasteiger partial charge in [0.15, 0.2) is 0 Å². The van der Waals surface area contributed by atoms with E-state index >= 15 is 0 Å². The fourth-order valence-corrected chi connectivity index (χ4v) is 3.29. The van der Waals surface area contributed by atoms with Gasteiger partial charge in [-0.3, -0.25) is 4.68 Å². The van der Waals surface area contributed by atoms with Gasteiger partial charge in [0.05, 0.1) is 22.5 Å². The summed E-state index contributed by atoms with van der Waals surface area (Å²) in [5.41, 5.74) is 0.946. The van der Waals surface area contributed by atoms with Crippen LogP contribution in [0.15, 0.2) is 10.7 Å². The number of rotatable bonds is 3. The minimum atomic E-state index is -0.380. The molecule has 1 heterocycles. The Labute approximate surface area is 105 Å². The number of halogens is 1. The van der Waals surface area contributed by atoms with Crippen LogP contribution in [0, 0.1) is 11.8 Å². The van der Waals surface area contributed by atoms with Crippen molar-refractivity contribution in [2.45, 2.75) is 45.8 Å². The van der Waals surface area contributed by atoms with E-state index in [9.17, 15) is 5.11 Å². The van der Waals surface area contributed by atoms with E-state index in [2.05, 4.69) is 28.0 Å². The Morgan fingerprint density at radius 2 is 2.38 bits per heavy atom. The van der Waals surface area contributed by atoms with Gasteiger partial charge < -0.3 is 5.11 Å². The van der Waals surface area contributed by atoms with Gasteiger partial charge in [-0.2, -0.15) is 5.10 Å². The lowest BCUT2D eigenvalue weighted by Gasteiger charge is -2.23. The Morgan fingerprint density at radius 3 is 2.94 bits per heavy atom. The highest BCUT2D eigenvalue weighted by atomic mass is 79.9. The van der Waals surface area contributed by atoms with Crippen molar-refractivity contribution in [1.29, 1.82) is 0 Å². The Morgan fingerprint density at radius 1 is 1.62 bits per heavy atom. The molecule has 1 aliphatic carbocycles. The largest absolute Gasteiger partial charge is 0.386 e. The highest BCUT2D eigenvalue weighted by Gasteiger charge is 2.33. The van der Waals surface area contributed by atoms with Gasteiger partial charge in [-0.05, 0) is 41.1 Å². The van der Waals surface area contributed by atoms with Crippen molar-refractivity contribution >= 4 is 15.9 Å². The normalized spacial score (nSPS) is 27.2. The predicted molar refractivity (Wildman–Crippen MR) is 67.1 cm³/mol. The third kappa shape index (κ3) is 2.05. The SMILES string of the molecule is CCn1ncc(Br)c1C(O)C1CCCC1C. The standard InChI is InChI=1S/C12H19BrN2O/c1-3-15-11(10(13)7-14-15)12(16)9-6-4-5-8(9)2/h7-9,12,16H,3-6H2,1-2H3. The monoisotopic (exact) mass is 286 g/mol. The molecule has 90 valence electrons. The summed E-state index contributed by atoms with van der Waals surface area (Å²) in [4.78, 5) is 0. The summed E-state index contributed by atoms with van der Waals surface area (Å²) in [5, 5.41) is 14.7. The van der Waals surface area contributed by atoms with Gasteiger partial charge in [0.1, 0.15) is 0 Å². The van der Waals surface area contributed by atoms with Crippen LogP contribution in [0.1, 0.15) is 44.9 Å². The number of aliphatic hydroxyl groups is 1. The van der Waals surface area contributed by atoms with Crippen molar-refractivity contribution in [3.8, 4) is 0 Å². The zero-order valence-corrected chi connectivity index (χ0v) is 11.4. The maximum Gasteiger partial charge on any atom is 0.0998 e. The molecule has 3 unspecified atom stereocenters. The molecule has 0 aliphatic heterocycles. The zero-order valence-electron chi connectivity index (χ0n) is 9.86. The molecule has 0 saturated heterocycles. The van der Waals surface area contributed by atoms with Gasteiger partial charge in [-0.25, -0.2) is 0 Å². The molecule has 4 heteroatoms. The van der Waals surface area contributed by atoms with Crippen LogP contribution < -0.4 is 0 Å². The van der Waals surface area contributed by atoms with E-state index in [-0.39, 0.29) is 6.10 Å². The molecule has 0 spiro atoms. The summed E-state index contributed by atoms with van der Waals surface area (Å²) < 4.78 is 2.82. The minimum Gasteiger partial charge on any atom is -0.386 e. The second-order valence-corrected chi connectivity index (χ2v) is 5.56. The van der Waals surface area contributed by atoms with Crippen LogP contribution in [0.2, 0.25) is 0 Å². The molecule has 1 aliphatic rings. The molecule has 3 atom stereocenters. The van der Waals surface area contributed by atoms with Crippen LogP contribution in [-0.2, 0) is 6.54 Å². The molecule has 3 nitrogen and oxygen atoms in total. The van der Waals surface area contributed by atoms with Crippen LogP contribution in [-0.4, -0.2) is 14.9 Å². The molecule has 1 saturated carbocycles. The number of aryl methyl sites for hydroxylation is 1. The molecule has 0 bridgehead atoms. The lowest BCUT2D eigenvalue weighted by Crippen LogP contribution is -2.19. The average molecular weight is 287 g/mol. The number of hydrogen-bond donors (Lipinski definition) is 1. The molecule has 2 rings (SSSR count). The summed E-state index contributed by atoms with van der Waals surface area (Å²) in [6.45, 7) is 5.09.